The lowest BCUT2D eigenvalue weighted by Gasteiger charge is -2.18. The highest BCUT2D eigenvalue weighted by atomic mass is 35.5. The van der Waals surface area contributed by atoms with Crippen LogP contribution in [0.4, 0.5) is 42.1 Å². The predicted molar refractivity (Wildman–Crippen MR) is 111 cm³/mol. The van der Waals surface area contributed by atoms with Crippen LogP contribution in [0.2, 0.25) is 10.0 Å². The number of ether oxygens (including phenoxy) is 2. The quantitative estimate of drug-likeness (QED) is 0.287. The summed E-state index contributed by atoms with van der Waals surface area (Å²) >= 11 is 17.0. The first-order valence-electron chi connectivity index (χ1n) is 8.42. The van der Waals surface area contributed by atoms with Gasteiger partial charge in [-0.05, 0) is 24.4 Å². The van der Waals surface area contributed by atoms with E-state index >= 15 is 0 Å². The molecular weight excluding hydrogens is 512 g/mol. The third-order valence-electron chi connectivity index (χ3n) is 3.49. The fourth-order valence-corrected chi connectivity index (χ4v) is 2.68. The Bertz CT molecular complexity index is 961. The van der Waals surface area contributed by atoms with Crippen LogP contribution >= 0.6 is 35.4 Å². The van der Waals surface area contributed by atoms with Gasteiger partial charge in [0.15, 0.2) is 18.3 Å². The molecule has 0 amide bonds. The summed E-state index contributed by atoms with van der Waals surface area (Å²) < 4.78 is 97.5. The van der Waals surface area contributed by atoms with Crippen LogP contribution in [0.25, 0.3) is 0 Å². The second-order valence-corrected chi connectivity index (χ2v) is 7.32. The zero-order valence-corrected chi connectivity index (χ0v) is 17.9. The van der Waals surface area contributed by atoms with E-state index in [0.29, 0.717) is 5.69 Å². The highest BCUT2D eigenvalue weighted by Gasteiger charge is 2.41. The Kier molecular flexibility index (Phi) is 8.66. The van der Waals surface area contributed by atoms with Crippen LogP contribution in [0, 0.1) is 0 Å². The zero-order chi connectivity index (χ0) is 24.1. The van der Waals surface area contributed by atoms with E-state index in [2.05, 4.69) is 20.1 Å². The molecule has 0 fully saturated rings. The first-order chi connectivity index (χ1) is 14.8. The molecule has 0 unspecified atom stereocenters. The van der Waals surface area contributed by atoms with E-state index in [-0.39, 0.29) is 20.8 Å². The summed E-state index contributed by atoms with van der Waals surface area (Å²) in [6.07, 6.45) is -8.68. The number of benzene rings is 2. The van der Waals surface area contributed by atoms with E-state index < -0.39 is 43.2 Å². The molecule has 0 aliphatic carbocycles. The lowest BCUT2D eigenvalue weighted by Crippen LogP contribution is -2.33. The van der Waals surface area contributed by atoms with Gasteiger partial charge in [-0.3, -0.25) is 0 Å². The predicted octanol–water partition coefficient (Wildman–Crippen LogP) is 7.02. The lowest BCUT2D eigenvalue weighted by atomic mass is 10.2. The topological polar surface area (TPSA) is 42.5 Å². The van der Waals surface area contributed by atoms with Gasteiger partial charge in [0.2, 0.25) is 0 Å². The van der Waals surface area contributed by atoms with Crippen LogP contribution in [-0.4, -0.2) is 36.9 Å². The Balaban J connectivity index is 2.21. The molecule has 0 aliphatic rings. The summed E-state index contributed by atoms with van der Waals surface area (Å²) in [6.45, 7) is -3.41. The van der Waals surface area contributed by atoms with Gasteiger partial charge in [0.05, 0.1) is 15.7 Å². The van der Waals surface area contributed by atoms with Crippen molar-refractivity contribution >= 4 is 51.9 Å². The first-order valence-corrected chi connectivity index (χ1v) is 9.59. The second kappa shape index (κ2) is 10.6. The van der Waals surface area contributed by atoms with Crippen molar-refractivity contribution in [3.63, 3.8) is 0 Å². The Labute approximate surface area is 192 Å². The normalized spacial score (nSPS) is 11.9. The van der Waals surface area contributed by atoms with Crippen LogP contribution < -0.4 is 20.1 Å². The summed E-state index contributed by atoms with van der Waals surface area (Å²) in [5.41, 5.74) is 0.255. The summed E-state index contributed by atoms with van der Waals surface area (Å²) in [4.78, 5) is 0. The fraction of sp³-hybridized carbons (Fsp3) is 0.278. The molecule has 2 aromatic carbocycles. The number of rotatable bonds is 8. The Morgan fingerprint density at radius 2 is 1.53 bits per heavy atom. The maximum absolute atomic E-state index is 13.1. The van der Waals surface area contributed by atoms with Crippen LogP contribution in [0.5, 0.6) is 11.5 Å². The van der Waals surface area contributed by atoms with Crippen LogP contribution in [0.15, 0.2) is 36.4 Å². The van der Waals surface area contributed by atoms with Crippen molar-refractivity contribution in [3.05, 3.63) is 46.4 Å². The molecule has 32 heavy (non-hydrogen) atoms. The first kappa shape index (κ1) is 26.1. The third kappa shape index (κ3) is 8.06. The third-order valence-corrected chi connectivity index (χ3v) is 4.51. The van der Waals surface area contributed by atoms with Crippen molar-refractivity contribution in [3.8, 4) is 11.5 Å². The molecule has 14 heteroatoms. The van der Waals surface area contributed by atoms with E-state index in [1.807, 2.05) is 0 Å². The molecule has 0 saturated carbocycles. The molecule has 4 nitrogen and oxygen atoms in total. The van der Waals surface area contributed by atoms with Gasteiger partial charge < -0.3 is 20.1 Å². The Morgan fingerprint density at radius 1 is 0.938 bits per heavy atom. The van der Waals surface area contributed by atoms with E-state index in [9.17, 15) is 30.7 Å². The van der Waals surface area contributed by atoms with Crippen LogP contribution in [-0.2, 0) is 0 Å². The number of hydrogen-bond acceptors (Lipinski definition) is 3. The van der Waals surface area contributed by atoms with Crippen LogP contribution in [0.1, 0.15) is 0 Å². The number of anilines is 2. The molecule has 176 valence electrons. The van der Waals surface area contributed by atoms with Gasteiger partial charge in [0.25, 0.3) is 0 Å². The minimum Gasteiger partial charge on any atom is -0.487 e. The zero-order valence-electron chi connectivity index (χ0n) is 15.6. The van der Waals surface area contributed by atoms with Gasteiger partial charge in [0.1, 0.15) is 11.5 Å². The number of halogens is 9. The van der Waals surface area contributed by atoms with Crippen molar-refractivity contribution in [2.45, 2.75) is 18.5 Å². The van der Waals surface area contributed by atoms with Crippen molar-refractivity contribution in [2.75, 3.05) is 23.8 Å². The minimum atomic E-state index is -4.69. The molecule has 0 saturated heterocycles. The fourth-order valence-electron chi connectivity index (χ4n) is 2.10. The average Bonchev–Trinajstić information content (AvgIpc) is 2.68. The smallest absolute Gasteiger partial charge is 0.422 e. The molecule has 2 aromatic rings. The van der Waals surface area contributed by atoms with E-state index in [1.165, 1.54) is 12.1 Å². The Hall–Kier alpha value is -2.18. The highest BCUT2D eigenvalue weighted by Crippen LogP contribution is 2.32. The van der Waals surface area contributed by atoms with Crippen molar-refractivity contribution in [1.82, 2.24) is 0 Å². The summed E-state index contributed by atoms with van der Waals surface area (Å²) in [5, 5.41) is 5.52. The van der Waals surface area contributed by atoms with E-state index in [0.717, 1.165) is 18.2 Å². The molecular formula is C18H13Cl2F7N2O2S. The second-order valence-electron chi connectivity index (χ2n) is 6.13. The molecule has 0 aromatic heterocycles. The lowest BCUT2D eigenvalue weighted by molar-refractivity contribution is -0.153. The molecule has 0 heterocycles. The van der Waals surface area contributed by atoms with Gasteiger partial charge in [-0.25, -0.2) is 8.78 Å². The average molecular weight is 525 g/mol. The van der Waals surface area contributed by atoms with Gasteiger partial charge in [-0.1, -0.05) is 29.3 Å². The monoisotopic (exact) mass is 524 g/mol. The SMILES string of the molecule is FC(F)C(F)(F)COc1cc(NC(=S)Nc2cccc(Cl)c2Cl)cc(OCC(F)(F)F)c1. The number of thiocarbonyl (C=S) groups is 1. The van der Waals surface area contributed by atoms with Crippen molar-refractivity contribution in [1.29, 1.82) is 0 Å². The maximum atomic E-state index is 13.1. The summed E-state index contributed by atoms with van der Waals surface area (Å²) in [5.74, 6) is -5.38. The van der Waals surface area contributed by atoms with Gasteiger partial charge >= 0.3 is 18.5 Å². The number of hydrogen-bond donors (Lipinski definition) is 2. The number of nitrogens with one attached hydrogen (secondary N) is 2. The van der Waals surface area contributed by atoms with Gasteiger partial charge in [-0.2, -0.15) is 22.0 Å². The summed E-state index contributed by atoms with van der Waals surface area (Å²) in [6, 6.07) is 7.58. The molecule has 0 bridgehead atoms. The van der Waals surface area contributed by atoms with E-state index in [4.69, 9.17) is 35.4 Å². The Morgan fingerprint density at radius 3 is 2.09 bits per heavy atom. The highest BCUT2D eigenvalue weighted by molar-refractivity contribution is 7.80. The van der Waals surface area contributed by atoms with Gasteiger partial charge in [-0.15, -0.1) is 0 Å². The number of alkyl halides is 7. The molecule has 2 N–H and O–H groups in total. The van der Waals surface area contributed by atoms with Crippen molar-refractivity contribution in [2.24, 2.45) is 0 Å². The molecule has 0 radical (unpaired) electrons. The maximum Gasteiger partial charge on any atom is 0.422 e. The van der Waals surface area contributed by atoms with Gasteiger partial charge in [0, 0.05) is 23.9 Å². The van der Waals surface area contributed by atoms with E-state index in [1.54, 1.807) is 6.07 Å². The molecule has 2 rings (SSSR count). The van der Waals surface area contributed by atoms with Crippen molar-refractivity contribution < 1.29 is 40.2 Å². The minimum absolute atomic E-state index is 0.0457. The molecule has 0 atom stereocenters. The summed E-state index contributed by atoms with van der Waals surface area (Å²) in [7, 11) is 0. The molecule has 0 aliphatic heterocycles. The largest absolute Gasteiger partial charge is 0.487 e. The van der Waals surface area contributed by atoms with Crippen LogP contribution in [0.3, 0.4) is 0 Å². The molecule has 0 spiro atoms. The standard InChI is InChI=1S/C18H13Cl2F7N2O2S/c19-12-2-1-3-13(14(12)20)29-16(32)28-9-4-10(30-7-17(23,24)15(21)22)6-11(5-9)31-8-18(25,26)27/h1-6,15H,7-8H2,(H2,28,29,32).